The van der Waals surface area contributed by atoms with Crippen molar-refractivity contribution in [3.63, 3.8) is 0 Å². The number of nitrogens with one attached hydrogen (secondary N) is 1. The molecule has 2 aromatic rings. The van der Waals surface area contributed by atoms with Gasteiger partial charge < -0.3 is 4.57 Å². The average molecular weight is 297 g/mol. The van der Waals surface area contributed by atoms with E-state index in [1.54, 1.807) is 49.7 Å². The van der Waals surface area contributed by atoms with Gasteiger partial charge >= 0.3 is 0 Å². The van der Waals surface area contributed by atoms with Crippen molar-refractivity contribution in [1.82, 2.24) is 15.0 Å². The Bertz CT molecular complexity index is 730. The van der Waals surface area contributed by atoms with Gasteiger partial charge in [-0.15, -0.1) is 0 Å². The van der Waals surface area contributed by atoms with Gasteiger partial charge in [-0.05, 0) is 42.5 Å². The van der Waals surface area contributed by atoms with Crippen LogP contribution < -0.4 is 5.48 Å². The summed E-state index contributed by atoms with van der Waals surface area (Å²) in [5.74, 6) is -0.790. The molecule has 0 unspecified atom stereocenters. The lowest BCUT2D eigenvalue weighted by molar-refractivity contribution is -0.124. The Morgan fingerprint density at radius 2 is 1.82 bits per heavy atom. The number of rotatable bonds is 5. The topological polar surface area (TPSA) is 84.2 Å². The maximum absolute atomic E-state index is 11.9. The maximum Gasteiger partial charge on any atom is 0.267 e. The van der Waals surface area contributed by atoms with E-state index in [4.69, 9.17) is 5.21 Å². The van der Waals surface area contributed by atoms with Crippen LogP contribution in [0.5, 0.6) is 0 Å². The summed E-state index contributed by atoms with van der Waals surface area (Å²) >= 11 is 0. The highest BCUT2D eigenvalue weighted by atomic mass is 16.5. The van der Waals surface area contributed by atoms with E-state index in [9.17, 15) is 9.59 Å². The van der Waals surface area contributed by atoms with Crippen molar-refractivity contribution in [3.05, 3.63) is 65.8 Å². The molecule has 0 bridgehead atoms. The normalized spacial score (nSPS) is 11.2. The molecule has 2 heterocycles. The first-order chi connectivity index (χ1) is 10.6. The van der Waals surface area contributed by atoms with Crippen LogP contribution in [0, 0.1) is 0 Å². The predicted molar refractivity (Wildman–Crippen MR) is 82.0 cm³/mol. The fourth-order valence-electron chi connectivity index (χ4n) is 1.83. The third kappa shape index (κ3) is 3.77. The van der Waals surface area contributed by atoms with Crippen LogP contribution in [0.15, 0.2) is 48.7 Å². The second-order valence-corrected chi connectivity index (χ2v) is 4.46. The maximum atomic E-state index is 11.9. The lowest BCUT2D eigenvalue weighted by Crippen LogP contribution is -2.14. The van der Waals surface area contributed by atoms with E-state index in [0.717, 1.165) is 11.4 Å². The van der Waals surface area contributed by atoms with Crippen molar-refractivity contribution >= 4 is 23.8 Å². The SMILES string of the molecule is Cn1c(/C=C/C(=O)NO)ccc1/C=C/C(=O)c1ccccn1. The first kappa shape index (κ1) is 15.4. The number of aromatic nitrogens is 2. The lowest BCUT2D eigenvalue weighted by atomic mass is 10.2. The molecule has 6 nitrogen and oxygen atoms in total. The van der Waals surface area contributed by atoms with E-state index in [-0.39, 0.29) is 5.78 Å². The molecule has 2 aromatic heterocycles. The molecule has 0 saturated heterocycles. The number of hydrogen-bond donors (Lipinski definition) is 2. The van der Waals surface area contributed by atoms with E-state index in [1.165, 1.54) is 17.6 Å². The lowest BCUT2D eigenvalue weighted by Gasteiger charge is -2.00. The van der Waals surface area contributed by atoms with Gasteiger partial charge in [0, 0.05) is 30.7 Å². The van der Waals surface area contributed by atoms with Crippen molar-refractivity contribution in [1.29, 1.82) is 0 Å². The zero-order valence-corrected chi connectivity index (χ0v) is 11.9. The van der Waals surface area contributed by atoms with Crippen molar-refractivity contribution in [2.45, 2.75) is 0 Å². The van der Waals surface area contributed by atoms with Gasteiger partial charge in [0.25, 0.3) is 5.91 Å². The summed E-state index contributed by atoms with van der Waals surface area (Å²) in [5.41, 5.74) is 3.46. The van der Waals surface area contributed by atoms with Crippen LogP contribution in [0.25, 0.3) is 12.2 Å². The van der Waals surface area contributed by atoms with Crippen LogP contribution in [0.4, 0.5) is 0 Å². The van der Waals surface area contributed by atoms with Gasteiger partial charge in [-0.1, -0.05) is 6.07 Å². The van der Waals surface area contributed by atoms with Crippen LogP contribution in [0.1, 0.15) is 21.9 Å². The van der Waals surface area contributed by atoms with Gasteiger partial charge in [0.15, 0.2) is 0 Å². The first-order valence-electron chi connectivity index (χ1n) is 6.53. The number of hydroxylamine groups is 1. The number of pyridine rings is 1. The molecule has 0 atom stereocenters. The molecule has 0 aliphatic rings. The van der Waals surface area contributed by atoms with Gasteiger partial charge in [-0.2, -0.15) is 0 Å². The number of ketones is 1. The van der Waals surface area contributed by atoms with Crippen molar-refractivity contribution in [2.24, 2.45) is 7.05 Å². The molecule has 2 N–H and O–H groups in total. The Morgan fingerprint density at radius 3 is 2.41 bits per heavy atom. The average Bonchev–Trinajstić information content (AvgIpc) is 2.91. The molecule has 112 valence electrons. The summed E-state index contributed by atoms with van der Waals surface area (Å²) in [5, 5.41) is 8.43. The van der Waals surface area contributed by atoms with Crippen LogP contribution in [-0.2, 0) is 11.8 Å². The van der Waals surface area contributed by atoms with Crippen molar-refractivity contribution in [2.75, 3.05) is 0 Å². The molecular formula is C16H15N3O3. The number of hydrogen-bond acceptors (Lipinski definition) is 4. The number of carbonyl (C=O) groups excluding carboxylic acids is 2. The van der Waals surface area contributed by atoms with Crippen LogP contribution in [-0.4, -0.2) is 26.4 Å². The minimum absolute atomic E-state index is 0.182. The zero-order valence-electron chi connectivity index (χ0n) is 11.9. The van der Waals surface area contributed by atoms with Gasteiger partial charge in [0.2, 0.25) is 5.78 Å². The summed E-state index contributed by atoms with van der Waals surface area (Å²) in [6, 6.07) is 8.77. The largest absolute Gasteiger partial charge is 0.345 e. The summed E-state index contributed by atoms with van der Waals surface area (Å²) in [6.45, 7) is 0. The smallest absolute Gasteiger partial charge is 0.267 e. The van der Waals surface area contributed by atoms with Gasteiger partial charge in [0.05, 0.1) is 0 Å². The van der Waals surface area contributed by atoms with Gasteiger partial charge in [-0.3, -0.25) is 19.8 Å². The second-order valence-electron chi connectivity index (χ2n) is 4.46. The molecule has 1 amide bonds. The Labute approximate surface area is 127 Å². The second kappa shape index (κ2) is 7.14. The molecule has 6 heteroatoms. The highest BCUT2D eigenvalue weighted by molar-refractivity contribution is 6.05. The minimum atomic E-state index is -0.608. The Kier molecular flexibility index (Phi) is 5.00. The molecule has 0 fully saturated rings. The zero-order chi connectivity index (χ0) is 15.9. The first-order valence-corrected chi connectivity index (χ1v) is 6.53. The summed E-state index contributed by atoms with van der Waals surface area (Å²) in [4.78, 5) is 26.9. The van der Waals surface area contributed by atoms with Crippen molar-refractivity contribution in [3.8, 4) is 0 Å². The molecule has 0 aromatic carbocycles. The monoisotopic (exact) mass is 297 g/mol. The standard InChI is InChI=1S/C16H15N3O3/c1-19-12(5-6-13(19)8-10-16(21)18-22)7-9-15(20)14-4-2-3-11-17-14/h2-11,22H,1H3,(H,18,21)/b9-7+,10-8+. The van der Waals surface area contributed by atoms with E-state index in [1.807, 2.05) is 10.6 Å². The summed E-state index contributed by atoms with van der Waals surface area (Å²) < 4.78 is 1.81. The Morgan fingerprint density at radius 1 is 1.14 bits per heavy atom. The third-order valence-electron chi connectivity index (χ3n) is 3.04. The van der Waals surface area contributed by atoms with Crippen molar-refractivity contribution < 1.29 is 14.8 Å². The number of allylic oxidation sites excluding steroid dienone is 1. The Balaban J connectivity index is 2.13. The van der Waals surface area contributed by atoms with E-state index >= 15 is 0 Å². The number of nitrogens with zero attached hydrogens (tertiary/aromatic N) is 2. The summed E-state index contributed by atoms with van der Waals surface area (Å²) in [7, 11) is 1.81. The Hall–Kier alpha value is -2.99. The number of amides is 1. The molecular weight excluding hydrogens is 282 g/mol. The van der Waals surface area contributed by atoms with Crippen LogP contribution in [0.3, 0.4) is 0 Å². The summed E-state index contributed by atoms with van der Waals surface area (Å²) in [6.07, 6.45) is 7.47. The van der Waals surface area contributed by atoms with E-state index in [2.05, 4.69) is 4.98 Å². The molecule has 0 spiro atoms. The molecule has 0 aliphatic carbocycles. The molecule has 0 saturated carbocycles. The van der Waals surface area contributed by atoms with Crippen LogP contribution >= 0.6 is 0 Å². The highest BCUT2D eigenvalue weighted by Crippen LogP contribution is 2.11. The van der Waals surface area contributed by atoms with E-state index in [0.29, 0.717) is 5.69 Å². The fourth-order valence-corrected chi connectivity index (χ4v) is 1.83. The predicted octanol–water partition coefficient (Wildman–Crippen LogP) is 1.83. The molecule has 2 rings (SSSR count). The highest BCUT2D eigenvalue weighted by Gasteiger charge is 2.04. The third-order valence-corrected chi connectivity index (χ3v) is 3.04. The van der Waals surface area contributed by atoms with Gasteiger partial charge in [0.1, 0.15) is 5.69 Å². The quantitative estimate of drug-likeness (QED) is 0.382. The molecule has 0 radical (unpaired) electrons. The minimum Gasteiger partial charge on any atom is -0.345 e. The van der Waals surface area contributed by atoms with Gasteiger partial charge in [-0.25, -0.2) is 5.48 Å². The van der Waals surface area contributed by atoms with E-state index < -0.39 is 5.91 Å². The van der Waals surface area contributed by atoms with Crippen LogP contribution in [0.2, 0.25) is 0 Å². The molecule has 0 aliphatic heterocycles. The molecule has 22 heavy (non-hydrogen) atoms. The fraction of sp³-hybridized carbons (Fsp3) is 0.0625. The number of carbonyl (C=O) groups is 2.